The second-order valence-electron chi connectivity index (χ2n) is 5.03. The van der Waals surface area contributed by atoms with Gasteiger partial charge in [-0.1, -0.05) is 0 Å². The van der Waals surface area contributed by atoms with Gasteiger partial charge in [0, 0.05) is 5.60 Å². The second-order valence-corrected chi connectivity index (χ2v) is 5.03. The highest BCUT2D eigenvalue weighted by molar-refractivity contribution is 6.54. The average Bonchev–Trinajstić information content (AvgIpc) is 2.44. The summed E-state index contributed by atoms with van der Waals surface area (Å²) in [6, 6.07) is 0. The van der Waals surface area contributed by atoms with Crippen LogP contribution >= 0.6 is 0 Å². The smallest absolute Gasteiger partial charge is 0.483 e. The van der Waals surface area contributed by atoms with Crippen molar-refractivity contribution in [1.29, 1.82) is 0 Å². The van der Waals surface area contributed by atoms with Crippen LogP contribution in [0, 0.1) is 0 Å². The van der Waals surface area contributed by atoms with E-state index in [-0.39, 0.29) is 5.88 Å². The van der Waals surface area contributed by atoms with Crippen molar-refractivity contribution in [2.45, 2.75) is 38.9 Å². The highest BCUT2D eigenvalue weighted by atomic mass is 16.7. The first kappa shape index (κ1) is 13.9. The molecule has 0 aliphatic carbocycles. The van der Waals surface area contributed by atoms with E-state index in [4.69, 9.17) is 25.5 Å². The predicted molar refractivity (Wildman–Crippen MR) is 67.6 cm³/mol. The Balaban J connectivity index is 2.78. The Morgan fingerprint density at radius 2 is 1.53 bits per heavy atom. The van der Waals surface area contributed by atoms with E-state index in [1.54, 1.807) is 12.2 Å². The molecule has 1 aliphatic heterocycles. The van der Waals surface area contributed by atoms with Gasteiger partial charge >= 0.3 is 7.12 Å². The third-order valence-corrected chi connectivity index (χ3v) is 3.20. The summed E-state index contributed by atoms with van der Waals surface area (Å²) in [7, 11) is 0.936. The molecule has 0 aromatic heterocycles. The van der Waals surface area contributed by atoms with Gasteiger partial charge in [-0.05, 0) is 39.8 Å². The van der Waals surface area contributed by atoms with Crippen LogP contribution in [0.25, 0.3) is 0 Å². The van der Waals surface area contributed by atoms with Crippen LogP contribution in [0.15, 0.2) is 23.6 Å². The summed E-state index contributed by atoms with van der Waals surface area (Å²) in [5.74, 6) is 0.282. The van der Waals surface area contributed by atoms with Crippen LogP contribution in [-0.4, -0.2) is 25.4 Å². The van der Waals surface area contributed by atoms with Crippen LogP contribution in [-0.2, 0) is 14.0 Å². The van der Waals surface area contributed by atoms with Gasteiger partial charge in [0.15, 0.2) is 5.88 Å². The summed E-state index contributed by atoms with van der Waals surface area (Å²) in [5.41, 5.74) is 11.0. The quantitative estimate of drug-likeness (QED) is 0.435. The van der Waals surface area contributed by atoms with Crippen LogP contribution in [0.2, 0.25) is 0 Å². The van der Waals surface area contributed by atoms with Crippen molar-refractivity contribution in [2.75, 3.05) is 7.11 Å². The molecule has 0 radical (unpaired) electrons. The lowest BCUT2D eigenvalue weighted by Crippen LogP contribution is -2.41. The van der Waals surface area contributed by atoms with E-state index < -0.39 is 18.3 Å². The molecule has 96 valence electrons. The molecule has 0 bridgehead atoms. The maximum absolute atomic E-state index is 5.88. The van der Waals surface area contributed by atoms with Crippen molar-refractivity contribution >= 4 is 7.12 Å². The molecule has 6 heteroatoms. The largest absolute Gasteiger partial charge is 0.511 e. The molecule has 0 aromatic rings. The zero-order valence-electron chi connectivity index (χ0n) is 11.1. The molecule has 0 amide bonds. The molecule has 1 aliphatic rings. The fourth-order valence-electron chi connectivity index (χ4n) is 1.30. The molecule has 1 saturated heterocycles. The average molecular weight is 240 g/mol. The standard InChI is InChI=1S/C11H21BN2O3/c1-10(2)11(3,4)17-12(16-10)8(13)6-7-9(14)15-5/h6-7H,13-14H2,1-5H3/b8-6-,9-7+. The van der Waals surface area contributed by atoms with Gasteiger partial charge in [0.25, 0.3) is 0 Å². The van der Waals surface area contributed by atoms with E-state index in [2.05, 4.69) is 0 Å². The molecule has 0 spiro atoms. The number of methoxy groups -OCH3 is 1. The Labute approximate surface area is 103 Å². The Hall–Kier alpha value is -1.14. The van der Waals surface area contributed by atoms with Gasteiger partial charge in [-0.2, -0.15) is 0 Å². The van der Waals surface area contributed by atoms with Gasteiger partial charge in [-0.25, -0.2) is 0 Å². The van der Waals surface area contributed by atoms with Crippen LogP contribution in [0.3, 0.4) is 0 Å². The lowest BCUT2D eigenvalue weighted by Gasteiger charge is -2.32. The van der Waals surface area contributed by atoms with Crippen LogP contribution < -0.4 is 11.5 Å². The molecule has 1 heterocycles. The number of nitrogens with two attached hydrogens (primary N) is 2. The summed E-state index contributed by atoms with van der Waals surface area (Å²) in [6.45, 7) is 7.89. The van der Waals surface area contributed by atoms with Crippen molar-refractivity contribution in [3.8, 4) is 0 Å². The molecule has 0 aromatic carbocycles. The molecule has 0 saturated carbocycles. The van der Waals surface area contributed by atoms with Gasteiger partial charge in [0.1, 0.15) is 0 Å². The van der Waals surface area contributed by atoms with Gasteiger partial charge in [-0.3, -0.25) is 0 Å². The van der Waals surface area contributed by atoms with Crippen molar-refractivity contribution < 1.29 is 14.0 Å². The maximum atomic E-state index is 5.88. The highest BCUT2D eigenvalue weighted by Crippen LogP contribution is 2.37. The number of allylic oxidation sites excluding steroid dienone is 2. The van der Waals surface area contributed by atoms with Gasteiger partial charge in [0.2, 0.25) is 0 Å². The number of hydrogen-bond donors (Lipinski definition) is 2. The Morgan fingerprint density at radius 1 is 1.06 bits per heavy atom. The van der Waals surface area contributed by atoms with E-state index >= 15 is 0 Å². The second kappa shape index (κ2) is 4.62. The molecule has 4 N–H and O–H groups in total. The zero-order chi connectivity index (χ0) is 13.3. The Kier molecular flexibility index (Phi) is 3.79. The van der Waals surface area contributed by atoms with Crippen molar-refractivity contribution in [1.82, 2.24) is 0 Å². The summed E-state index contributed by atoms with van der Waals surface area (Å²) in [6.07, 6.45) is 3.20. The van der Waals surface area contributed by atoms with Gasteiger partial charge < -0.3 is 25.5 Å². The highest BCUT2D eigenvalue weighted by Gasteiger charge is 2.52. The maximum Gasteiger partial charge on any atom is 0.511 e. The van der Waals surface area contributed by atoms with Crippen molar-refractivity contribution in [2.24, 2.45) is 11.5 Å². The topological polar surface area (TPSA) is 79.7 Å². The van der Waals surface area contributed by atoms with Crippen LogP contribution in [0.5, 0.6) is 0 Å². The van der Waals surface area contributed by atoms with Crippen molar-refractivity contribution in [3.05, 3.63) is 23.6 Å². The predicted octanol–water partition coefficient (Wildman–Crippen LogP) is 0.907. The number of hydrogen-bond acceptors (Lipinski definition) is 5. The first-order chi connectivity index (χ1) is 7.69. The molecular weight excluding hydrogens is 219 g/mol. The molecule has 5 nitrogen and oxygen atoms in total. The summed E-state index contributed by atoms with van der Waals surface area (Å²) in [4.78, 5) is 0. The lowest BCUT2D eigenvalue weighted by molar-refractivity contribution is 0.00578. The summed E-state index contributed by atoms with van der Waals surface area (Å²) in [5, 5.41) is 0. The van der Waals surface area contributed by atoms with Gasteiger partial charge in [0.05, 0.1) is 18.3 Å². The normalized spacial score (nSPS) is 23.9. The lowest BCUT2D eigenvalue weighted by atomic mass is 9.85. The van der Waals surface area contributed by atoms with Gasteiger partial charge in [-0.15, -0.1) is 0 Å². The summed E-state index contributed by atoms with van der Waals surface area (Å²) < 4.78 is 16.3. The number of ether oxygens (including phenoxy) is 1. The molecule has 0 atom stereocenters. The van der Waals surface area contributed by atoms with Crippen LogP contribution in [0.1, 0.15) is 27.7 Å². The monoisotopic (exact) mass is 240 g/mol. The Bertz CT molecular complexity index is 335. The van der Waals surface area contributed by atoms with Crippen molar-refractivity contribution in [3.63, 3.8) is 0 Å². The fourth-order valence-corrected chi connectivity index (χ4v) is 1.30. The van der Waals surface area contributed by atoms with E-state index in [0.29, 0.717) is 5.60 Å². The number of rotatable bonds is 3. The fraction of sp³-hybridized carbons (Fsp3) is 0.636. The molecule has 1 fully saturated rings. The molecular formula is C11H21BN2O3. The molecule has 17 heavy (non-hydrogen) atoms. The van der Waals surface area contributed by atoms with E-state index in [1.165, 1.54) is 7.11 Å². The Morgan fingerprint density at radius 3 is 1.94 bits per heavy atom. The summed E-state index contributed by atoms with van der Waals surface area (Å²) >= 11 is 0. The first-order valence-electron chi connectivity index (χ1n) is 5.52. The van der Waals surface area contributed by atoms with E-state index in [0.717, 1.165) is 0 Å². The molecule has 0 unspecified atom stereocenters. The van der Waals surface area contributed by atoms with Crippen LogP contribution in [0.4, 0.5) is 0 Å². The van der Waals surface area contributed by atoms with E-state index in [9.17, 15) is 0 Å². The SMILES string of the molecule is CO/C(N)=C/C=C(\N)B1OC(C)(C)C(C)(C)O1. The minimum Gasteiger partial charge on any atom is -0.483 e. The molecule has 1 rings (SSSR count). The first-order valence-corrected chi connectivity index (χ1v) is 5.52. The zero-order valence-corrected chi connectivity index (χ0v) is 11.1. The minimum atomic E-state index is -0.555. The minimum absolute atomic E-state index is 0.282. The third-order valence-electron chi connectivity index (χ3n) is 3.20. The third kappa shape index (κ3) is 2.95. The van der Waals surface area contributed by atoms with E-state index in [1.807, 2.05) is 27.7 Å².